The van der Waals surface area contributed by atoms with E-state index in [1.165, 1.54) is 0 Å². The smallest absolute Gasteiger partial charge is 0.306 e. The molecule has 1 saturated carbocycles. The molecule has 0 unspecified atom stereocenters. The van der Waals surface area contributed by atoms with Gasteiger partial charge in [0, 0.05) is 19.0 Å². The number of carbonyl (C=O) groups excluding carboxylic acids is 1. The van der Waals surface area contributed by atoms with Gasteiger partial charge in [-0.2, -0.15) is 0 Å². The van der Waals surface area contributed by atoms with Crippen molar-refractivity contribution >= 4 is 11.9 Å². The zero-order valence-corrected chi connectivity index (χ0v) is 12.1. The molecular formula is C14H25NO4. The van der Waals surface area contributed by atoms with Crippen LogP contribution in [0.15, 0.2) is 0 Å². The Morgan fingerprint density at radius 3 is 2.00 bits per heavy atom. The topological polar surface area (TPSA) is 77.8 Å². The van der Waals surface area contributed by atoms with Gasteiger partial charge < -0.3 is 15.1 Å². The van der Waals surface area contributed by atoms with Crippen molar-refractivity contribution < 1.29 is 19.8 Å². The van der Waals surface area contributed by atoms with E-state index in [1.807, 2.05) is 6.92 Å². The molecule has 2 N–H and O–H groups in total. The van der Waals surface area contributed by atoms with Crippen molar-refractivity contribution in [1.29, 1.82) is 0 Å². The first-order valence-electron chi connectivity index (χ1n) is 6.98. The summed E-state index contributed by atoms with van der Waals surface area (Å²) in [4.78, 5) is 24.9. The highest BCUT2D eigenvalue weighted by atomic mass is 16.4. The largest absolute Gasteiger partial charge is 0.481 e. The van der Waals surface area contributed by atoms with Crippen LogP contribution in [-0.2, 0) is 9.59 Å². The number of hydrogen-bond acceptors (Lipinski definition) is 3. The Balaban J connectivity index is 2.55. The Hall–Kier alpha value is -1.10. The second kappa shape index (κ2) is 6.37. The van der Waals surface area contributed by atoms with Crippen molar-refractivity contribution in [2.75, 3.05) is 13.1 Å². The molecule has 0 bridgehead atoms. The molecule has 0 atom stereocenters. The van der Waals surface area contributed by atoms with E-state index in [2.05, 4.69) is 0 Å². The number of carboxylic acids is 1. The van der Waals surface area contributed by atoms with E-state index in [9.17, 15) is 14.7 Å². The maximum absolute atomic E-state index is 12.4. The summed E-state index contributed by atoms with van der Waals surface area (Å²) in [5.74, 6) is -1.09. The van der Waals surface area contributed by atoms with Crippen LogP contribution in [-0.4, -0.2) is 45.7 Å². The average molecular weight is 271 g/mol. The Morgan fingerprint density at radius 2 is 1.63 bits per heavy atom. The second-order valence-corrected chi connectivity index (χ2v) is 6.05. The second-order valence-electron chi connectivity index (χ2n) is 6.05. The fourth-order valence-electron chi connectivity index (χ4n) is 2.66. The van der Waals surface area contributed by atoms with Crippen molar-refractivity contribution in [2.45, 2.75) is 52.1 Å². The SMILES string of the molecule is CCN(CC(C)(C)O)C(=O)C1CCC(C(=O)O)CC1. The lowest BCUT2D eigenvalue weighted by Gasteiger charge is -2.33. The van der Waals surface area contributed by atoms with Crippen LogP contribution in [0, 0.1) is 11.8 Å². The number of nitrogens with zero attached hydrogens (tertiary/aromatic N) is 1. The van der Waals surface area contributed by atoms with E-state index >= 15 is 0 Å². The van der Waals surface area contributed by atoms with Crippen LogP contribution in [0.4, 0.5) is 0 Å². The third-order valence-electron chi connectivity index (χ3n) is 3.70. The minimum Gasteiger partial charge on any atom is -0.481 e. The number of aliphatic hydroxyl groups is 1. The van der Waals surface area contributed by atoms with Gasteiger partial charge in [-0.1, -0.05) is 0 Å². The summed E-state index contributed by atoms with van der Waals surface area (Å²) in [6.45, 7) is 6.16. The number of carboxylic acid groups (broad SMARTS) is 1. The van der Waals surface area contributed by atoms with Crippen LogP contribution in [0.1, 0.15) is 46.5 Å². The molecule has 1 aliphatic carbocycles. The molecular weight excluding hydrogens is 246 g/mol. The standard InChI is InChI=1S/C14H25NO4/c1-4-15(9-14(2,3)19)12(16)10-5-7-11(8-6-10)13(17)18/h10-11,19H,4-9H2,1-3H3,(H,17,18). The van der Waals surface area contributed by atoms with E-state index in [-0.39, 0.29) is 17.7 Å². The molecule has 0 spiro atoms. The minimum absolute atomic E-state index is 0.0495. The molecule has 0 aromatic heterocycles. The highest BCUT2D eigenvalue weighted by molar-refractivity contribution is 5.79. The molecule has 5 nitrogen and oxygen atoms in total. The van der Waals surface area contributed by atoms with E-state index in [0.29, 0.717) is 38.8 Å². The maximum atomic E-state index is 12.4. The maximum Gasteiger partial charge on any atom is 0.306 e. The van der Waals surface area contributed by atoms with Crippen molar-refractivity contribution in [2.24, 2.45) is 11.8 Å². The molecule has 1 amide bonds. The van der Waals surface area contributed by atoms with Crippen LogP contribution >= 0.6 is 0 Å². The predicted molar refractivity (Wildman–Crippen MR) is 71.6 cm³/mol. The van der Waals surface area contributed by atoms with Gasteiger partial charge in [0.1, 0.15) is 0 Å². The Morgan fingerprint density at radius 1 is 1.16 bits per heavy atom. The third-order valence-corrected chi connectivity index (χ3v) is 3.70. The first kappa shape index (κ1) is 16.0. The summed E-state index contributed by atoms with van der Waals surface area (Å²) in [5.41, 5.74) is -0.899. The normalized spacial score (nSPS) is 24.0. The summed E-state index contributed by atoms with van der Waals surface area (Å²) in [7, 11) is 0. The lowest BCUT2D eigenvalue weighted by molar-refractivity contribution is -0.146. The van der Waals surface area contributed by atoms with Crippen LogP contribution in [0.5, 0.6) is 0 Å². The highest BCUT2D eigenvalue weighted by Gasteiger charge is 2.32. The van der Waals surface area contributed by atoms with Crippen LogP contribution in [0.2, 0.25) is 0 Å². The number of aliphatic carboxylic acids is 1. The number of amides is 1. The quantitative estimate of drug-likeness (QED) is 0.794. The fourth-order valence-corrected chi connectivity index (χ4v) is 2.66. The van der Waals surface area contributed by atoms with Gasteiger partial charge >= 0.3 is 5.97 Å². The number of likely N-dealkylation sites (N-methyl/N-ethyl adjacent to an activating group) is 1. The summed E-state index contributed by atoms with van der Waals surface area (Å²) in [5, 5.41) is 18.8. The van der Waals surface area contributed by atoms with E-state index in [1.54, 1.807) is 18.7 Å². The molecule has 1 aliphatic rings. The monoisotopic (exact) mass is 271 g/mol. The summed E-state index contributed by atoms with van der Waals surface area (Å²) in [6.07, 6.45) is 2.42. The van der Waals surface area contributed by atoms with Gasteiger partial charge in [0.15, 0.2) is 0 Å². The molecule has 1 fully saturated rings. The highest BCUT2D eigenvalue weighted by Crippen LogP contribution is 2.30. The Bertz CT molecular complexity index is 327. The van der Waals surface area contributed by atoms with Gasteiger partial charge in [0.2, 0.25) is 5.91 Å². The molecule has 19 heavy (non-hydrogen) atoms. The molecule has 110 valence electrons. The molecule has 1 rings (SSSR count). The summed E-state index contributed by atoms with van der Waals surface area (Å²) in [6, 6.07) is 0. The molecule has 0 heterocycles. The van der Waals surface area contributed by atoms with E-state index in [0.717, 1.165) is 0 Å². The van der Waals surface area contributed by atoms with Gasteiger partial charge in [0.25, 0.3) is 0 Å². The van der Waals surface area contributed by atoms with E-state index < -0.39 is 11.6 Å². The first-order chi connectivity index (χ1) is 8.74. The number of hydrogen-bond donors (Lipinski definition) is 2. The lowest BCUT2D eigenvalue weighted by Crippen LogP contribution is -2.45. The van der Waals surface area contributed by atoms with E-state index in [4.69, 9.17) is 5.11 Å². The number of rotatable bonds is 5. The van der Waals surface area contributed by atoms with Crippen molar-refractivity contribution in [3.63, 3.8) is 0 Å². The molecule has 0 radical (unpaired) electrons. The zero-order valence-electron chi connectivity index (χ0n) is 12.1. The fraction of sp³-hybridized carbons (Fsp3) is 0.857. The van der Waals surface area contributed by atoms with Gasteiger partial charge in [-0.25, -0.2) is 0 Å². The Kier molecular flexibility index (Phi) is 5.35. The lowest BCUT2D eigenvalue weighted by atomic mass is 9.81. The molecule has 0 saturated heterocycles. The van der Waals surface area contributed by atoms with Crippen molar-refractivity contribution in [3.05, 3.63) is 0 Å². The average Bonchev–Trinajstić information content (AvgIpc) is 2.34. The van der Waals surface area contributed by atoms with Crippen molar-refractivity contribution in [1.82, 2.24) is 4.90 Å². The molecule has 0 aromatic carbocycles. The van der Waals surface area contributed by atoms with Gasteiger partial charge in [0.05, 0.1) is 11.5 Å². The molecule has 0 aliphatic heterocycles. The van der Waals surface area contributed by atoms with Crippen LogP contribution < -0.4 is 0 Å². The third kappa shape index (κ3) is 4.82. The molecule has 0 aromatic rings. The Labute approximate surface area is 114 Å². The molecule has 5 heteroatoms. The summed E-state index contributed by atoms with van der Waals surface area (Å²) >= 11 is 0. The van der Waals surface area contributed by atoms with Gasteiger partial charge in [-0.05, 0) is 46.5 Å². The van der Waals surface area contributed by atoms with Gasteiger partial charge in [-0.15, -0.1) is 0 Å². The van der Waals surface area contributed by atoms with Crippen LogP contribution in [0.25, 0.3) is 0 Å². The predicted octanol–water partition coefficient (Wildman–Crippen LogP) is 1.50. The first-order valence-corrected chi connectivity index (χ1v) is 6.98. The van der Waals surface area contributed by atoms with Crippen molar-refractivity contribution in [3.8, 4) is 0 Å². The van der Waals surface area contributed by atoms with Gasteiger partial charge in [-0.3, -0.25) is 9.59 Å². The summed E-state index contributed by atoms with van der Waals surface area (Å²) < 4.78 is 0. The van der Waals surface area contributed by atoms with Crippen LogP contribution in [0.3, 0.4) is 0 Å². The zero-order chi connectivity index (χ0) is 14.6. The minimum atomic E-state index is -0.899. The number of carbonyl (C=O) groups is 2.